The first-order valence-electron chi connectivity index (χ1n) is 10.3. The van der Waals surface area contributed by atoms with Crippen LogP contribution in [0.4, 0.5) is 11.4 Å². The topological polar surface area (TPSA) is 28.6 Å². The number of fused-ring (bicyclic) bond motifs is 3. The average Bonchev–Trinajstić information content (AvgIpc) is 3.19. The molecule has 0 amide bonds. The number of ether oxygens (including phenoxy) is 1. The number of benzene rings is 2. The highest BCUT2D eigenvalue weighted by Gasteiger charge is 2.25. The van der Waals surface area contributed by atoms with Crippen molar-refractivity contribution >= 4 is 22.3 Å². The highest BCUT2D eigenvalue weighted by atomic mass is 16.5. The summed E-state index contributed by atoms with van der Waals surface area (Å²) < 4.78 is 5.53. The summed E-state index contributed by atoms with van der Waals surface area (Å²) in [5.74, 6) is 0. The summed E-state index contributed by atoms with van der Waals surface area (Å²) in [4.78, 5) is 9.92. The number of nitrogens with zero attached hydrogens (tertiary/aromatic N) is 3. The summed E-state index contributed by atoms with van der Waals surface area (Å²) in [6.45, 7) is 7.85. The first kappa shape index (κ1) is 17.5. The zero-order chi connectivity index (χ0) is 18.9. The van der Waals surface area contributed by atoms with Crippen LogP contribution < -0.4 is 9.80 Å². The second-order valence-electron chi connectivity index (χ2n) is 7.80. The summed E-state index contributed by atoms with van der Waals surface area (Å²) in [6, 6.07) is 17.6. The zero-order valence-electron chi connectivity index (χ0n) is 16.5. The second kappa shape index (κ2) is 7.44. The quantitative estimate of drug-likeness (QED) is 0.692. The van der Waals surface area contributed by atoms with E-state index in [0.29, 0.717) is 0 Å². The lowest BCUT2D eigenvalue weighted by Crippen LogP contribution is -2.36. The lowest BCUT2D eigenvalue weighted by molar-refractivity contribution is 0.122. The Labute approximate surface area is 166 Å². The minimum atomic E-state index is 0.811. The summed E-state index contributed by atoms with van der Waals surface area (Å²) in [5, 5.41) is 1.30. The van der Waals surface area contributed by atoms with Gasteiger partial charge in [-0.2, -0.15) is 0 Å². The predicted octanol–water partition coefficient (Wildman–Crippen LogP) is 3.99. The number of pyridine rings is 1. The van der Waals surface area contributed by atoms with Gasteiger partial charge in [-0.25, -0.2) is 0 Å². The lowest BCUT2D eigenvalue weighted by atomic mass is 10.0. The summed E-state index contributed by atoms with van der Waals surface area (Å²) >= 11 is 0. The van der Waals surface area contributed by atoms with Crippen molar-refractivity contribution in [1.82, 2.24) is 4.98 Å². The third-order valence-corrected chi connectivity index (χ3v) is 6.08. The van der Waals surface area contributed by atoms with E-state index in [1.165, 1.54) is 33.6 Å². The zero-order valence-corrected chi connectivity index (χ0v) is 16.5. The van der Waals surface area contributed by atoms with Crippen LogP contribution in [0.2, 0.25) is 0 Å². The molecule has 0 unspecified atom stereocenters. The van der Waals surface area contributed by atoms with Gasteiger partial charge >= 0.3 is 0 Å². The van der Waals surface area contributed by atoms with Crippen molar-refractivity contribution in [1.29, 1.82) is 0 Å². The van der Waals surface area contributed by atoms with Crippen LogP contribution in [0.1, 0.15) is 16.8 Å². The maximum atomic E-state index is 5.53. The van der Waals surface area contributed by atoms with Crippen molar-refractivity contribution in [3.05, 3.63) is 65.4 Å². The fraction of sp³-hybridized carbons (Fsp3) is 0.375. The minimum absolute atomic E-state index is 0.811. The Balaban J connectivity index is 1.50. The molecule has 3 heterocycles. The molecule has 2 aromatic carbocycles. The lowest BCUT2D eigenvalue weighted by Gasteiger charge is -2.29. The van der Waals surface area contributed by atoms with Crippen molar-refractivity contribution < 1.29 is 4.74 Å². The van der Waals surface area contributed by atoms with E-state index in [9.17, 15) is 0 Å². The molecular weight excluding hydrogens is 346 g/mol. The van der Waals surface area contributed by atoms with Gasteiger partial charge < -0.3 is 14.5 Å². The van der Waals surface area contributed by atoms with E-state index in [1.807, 2.05) is 0 Å². The molecule has 5 rings (SSSR count). The van der Waals surface area contributed by atoms with Crippen LogP contribution in [-0.4, -0.2) is 44.4 Å². The summed E-state index contributed by atoms with van der Waals surface area (Å²) in [5.41, 5.74) is 7.83. The first-order chi connectivity index (χ1) is 13.8. The van der Waals surface area contributed by atoms with Crippen molar-refractivity contribution in [2.75, 3.05) is 49.2 Å². The maximum Gasteiger partial charge on any atom is 0.0727 e. The summed E-state index contributed by atoms with van der Waals surface area (Å²) in [7, 11) is 0. The van der Waals surface area contributed by atoms with Crippen molar-refractivity contribution in [3.63, 3.8) is 0 Å². The normalized spacial score (nSPS) is 16.6. The van der Waals surface area contributed by atoms with E-state index in [0.717, 1.165) is 57.8 Å². The van der Waals surface area contributed by atoms with Crippen molar-refractivity contribution in [2.45, 2.75) is 19.8 Å². The molecule has 0 N–H and O–H groups in total. The number of rotatable bonds is 4. The number of aryl methyl sites for hydroxylation is 1. The van der Waals surface area contributed by atoms with Crippen LogP contribution in [0, 0.1) is 6.92 Å². The van der Waals surface area contributed by atoms with Gasteiger partial charge in [0.25, 0.3) is 0 Å². The summed E-state index contributed by atoms with van der Waals surface area (Å²) in [6.07, 6.45) is 2.17. The number of morpholine rings is 1. The van der Waals surface area contributed by atoms with Crippen LogP contribution in [-0.2, 0) is 17.6 Å². The molecule has 2 aliphatic heterocycles. The molecule has 0 spiro atoms. The van der Waals surface area contributed by atoms with Crippen molar-refractivity contribution in [3.8, 4) is 0 Å². The van der Waals surface area contributed by atoms with Gasteiger partial charge in [-0.3, -0.25) is 4.98 Å². The standard InChI is InChI=1S/C24H27N3O/c1-18-21-10-12-27(11-9-19-5-3-2-4-6-19)24(21)22-17-20(7-8-23(22)25-18)26-13-15-28-16-14-26/h2-8,17H,9-16H2,1H3. The molecule has 4 nitrogen and oxygen atoms in total. The smallest absolute Gasteiger partial charge is 0.0727 e. The van der Waals surface area contributed by atoms with Gasteiger partial charge in [0, 0.05) is 42.9 Å². The molecule has 0 bridgehead atoms. The Kier molecular flexibility index (Phi) is 4.65. The number of hydrogen-bond donors (Lipinski definition) is 0. The molecule has 144 valence electrons. The number of hydrogen-bond acceptors (Lipinski definition) is 4. The molecule has 0 aliphatic carbocycles. The monoisotopic (exact) mass is 373 g/mol. The number of aromatic nitrogens is 1. The molecule has 0 atom stereocenters. The number of anilines is 2. The van der Waals surface area contributed by atoms with Crippen LogP contribution in [0.25, 0.3) is 10.9 Å². The fourth-order valence-corrected chi connectivity index (χ4v) is 4.56. The van der Waals surface area contributed by atoms with E-state index in [-0.39, 0.29) is 0 Å². The molecule has 0 saturated carbocycles. The molecule has 0 radical (unpaired) electrons. The van der Waals surface area contributed by atoms with Gasteiger partial charge in [-0.15, -0.1) is 0 Å². The third kappa shape index (κ3) is 3.22. The Bertz CT molecular complexity index is 980. The molecular formula is C24H27N3O. The van der Waals surface area contributed by atoms with E-state index >= 15 is 0 Å². The van der Waals surface area contributed by atoms with Gasteiger partial charge in [-0.1, -0.05) is 30.3 Å². The average molecular weight is 374 g/mol. The Hall–Kier alpha value is -2.59. The molecule has 4 heteroatoms. The van der Waals surface area contributed by atoms with Gasteiger partial charge in [0.15, 0.2) is 0 Å². The largest absolute Gasteiger partial charge is 0.378 e. The molecule has 1 aromatic heterocycles. The van der Waals surface area contributed by atoms with Gasteiger partial charge in [-0.05, 0) is 49.1 Å². The maximum absolute atomic E-state index is 5.53. The molecule has 3 aromatic rings. The Morgan fingerprint density at radius 3 is 2.64 bits per heavy atom. The highest BCUT2D eigenvalue weighted by molar-refractivity contribution is 5.97. The van der Waals surface area contributed by atoms with E-state index < -0.39 is 0 Å². The van der Waals surface area contributed by atoms with Crippen LogP contribution >= 0.6 is 0 Å². The highest BCUT2D eigenvalue weighted by Crippen LogP contribution is 2.38. The molecule has 1 saturated heterocycles. The second-order valence-corrected chi connectivity index (χ2v) is 7.80. The first-order valence-corrected chi connectivity index (χ1v) is 10.3. The SMILES string of the molecule is Cc1nc2ccc(N3CCOCC3)cc2c2c1CCN2CCc1ccccc1. The molecule has 2 aliphatic rings. The Morgan fingerprint density at radius 2 is 1.82 bits per heavy atom. The van der Waals surface area contributed by atoms with Crippen LogP contribution in [0.15, 0.2) is 48.5 Å². The molecule has 1 fully saturated rings. The molecule has 28 heavy (non-hydrogen) atoms. The van der Waals surface area contributed by atoms with Gasteiger partial charge in [0.1, 0.15) is 0 Å². The van der Waals surface area contributed by atoms with Crippen molar-refractivity contribution in [2.24, 2.45) is 0 Å². The predicted molar refractivity (Wildman–Crippen MR) is 116 cm³/mol. The van der Waals surface area contributed by atoms with Gasteiger partial charge in [0.2, 0.25) is 0 Å². The fourth-order valence-electron chi connectivity index (χ4n) is 4.56. The van der Waals surface area contributed by atoms with Crippen LogP contribution in [0.5, 0.6) is 0 Å². The van der Waals surface area contributed by atoms with E-state index in [1.54, 1.807) is 0 Å². The van der Waals surface area contributed by atoms with Crippen LogP contribution in [0.3, 0.4) is 0 Å². The van der Waals surface area contributed by atoms with E-state index in [2.05, 4.69) is 65.3 Å². The minimum Gasteiger partial charge on any atom is -0.378 e. The third-order valence-electron chi connectivity index (χ3n) is 6.08. The van der Waals surface area contributed by atoms with Gasteiger partial charge in [0.05, 0.1) is 24.4 Å². The Morgan fingerprint density at radius 1 is 1.00 bits per heavy atom. The van der Waals surface area contributed by atoms with E-state index in [4.69, 9.17) is 9.72 Å².